The number of carbonyl (C=O) groups excluding carboxylic acids is 2. The monoisotopic (exact) mass is 374 g/mol. The van der Waals surface area contributed by atoms with Gasteiger partial charge in [0, 0.05) is 0 Å². The molecular weight excluding hydrogens is 360 g/mol. The van der Waals surface area contributed by atoms with Crippen molar-refractivity contribution in [3.8, 4) is 5.69 Å². The van der Waals surface area contributed by atoms with Gasteiger partial charge in [0.25, 0.3) is 5.91 Å². The van der Waals surface area contributed by atoms with Crippen LogP contribution in [-0.4, -0.2) is 37.8 Å². The first-order chi connectivity index (χ1) is 12.0. The molecule has 0 aliphatic rings. The largest absolute Gasteiger partial charge is 0.366 e. The van der Waals surface area contributed by atoms with Crippen molar-refractivity contribution in [2.24, 2.45) is 5.73 Å². The first-order valence-electron chi connectivity index (χ1n) is 7.20. The van der Waals surface area contributed by atoms with E-state index in [4.69, 9.17) is 5.73 Å². The summed E-state index contributed by atoms with van der Waals surface area (Å²) in [7, 11) is 0. The third kappa shape index (κ3) is 4.03. The smallest absolute Gasteiger partial charge is 0.251 e. The van der Waals surface area contributed by atoms with Gasteiger partial charge in [0.15, 0.2) is 0 Å². The zero-order valence-corrected chi connectivity index (χ0v) is 14.8. The van der Waals surface area contributed by atoms with Gasteiger partial charge in [0.05, 0.1) is 17.0 Å². The Balaban J connectivity index is 1.65. The van der Waals surface area contributed by atoms with Crippen molar-refractivity contribution >= 4 is 39.9 Å². The number of tetrazole rings is 1. The number of nitrogens with one attached hydrogen (secondary N) is 1. The highest BCUT2D eigenvalue weighted by Gasteiger charge is 2.15. The topological polar surface area (TPSA) is 116 Å². The van der Waals surface area contributed by atoms with E-state index in [9.17, 15) is 9.59 Å². The number of thiophene rings is 1. The molecule has 2 amide bonds. The van der Waals surface area contributed by atoms with Gasteiger partial charge in [-0.15, -0.1) is 16.4 Å². The van der Waals surface area contributed by atoms with Crippen LogP contribution in [0.3, 0.4) is 0 Å². The van der Waals surface area contributed by atoms with Crippen LogP contribution in [0.15, 0.2) is 40.9 Å². The molecule has 2 aromatic heterocycles. The number of thioether (sulfide) groups is 1. The number of carbonyl (C=O) groups is 2. The Morgan fingerprint density at radius 3 is 2.76 bits per heavy atom. The van der Waals surface area contributed by atoms with Crippen molar-refractivity contribution in [1.82, 2.24) is 20.2 Å². The summed E-state index contributed by atoms with van der Waals surface area (Å²) in [5, 5.41) is 16.9. The van der Waals surface area contributed by atoms with Crippen LogP contribution in [0, 0.1) is 6.92 Å². The minimum Gasteiger partial charge on any atom is -0.366 e. The van der Waals surface area contributed by atoms with E-state index < -0.39 is 5.91 Å². The molecule has 0 bridgehead atoms. The number of aromatic nitrogens is 4. The van der Waals surface area contributed by atoms with Gasteiger partial charge in [0.1, 0.15) is 5.00 Å². The van der Waals surface area contributed by atoms with E-state index in [0.717, 1.165) is 11.3 Å². The van der Waals surface area contributed by atoms with Gasteiger partial charge in [-0.1, -0.05) is 29.5 Å². The van der Waals surface area contributed by atoms with E-state index in [-0.39, 0.29) is 11.7 Å². The van der Waals surface area contributed by atoms with Gasteiger partial charge in [-0.05, 0) is 40.9 Å². The van der Waals surface area contributed by atoms with Crippen LogP contribution in [0.1, 0.15) is 15.9 Å². The van der Waals surface area contributed by atoms with Crippen LogP contribution in [0.2, 0.25) is 0 Å². The van der Waals surface area contributed by atoms with Crippen LogP contribution in [0.25, 0.3) is 5.69 Å². The first kappa shape index (κ1) is 17.1. The lowest BCUT2D eigenvalue weighted by Gasteiger charge is -2.06. The summed E-state index contributed by atoms with van der Waals surface area (Å²) in [6.07, 6.45) is 0. The van der Waals surface area contributed by atoms with Crippen molar-refractivity contribution in [1.29, 1.82) is 0 Å². The number of nitrogens with zero attached hydrogens (tertiary/aromatic N) is 4. The van der Waals surface area contributed by atoms with Crippen LogP contribution < -0.4 is 11.1 Å². The highest BCUT2D eigenvalue weighted by atomic mass is 32.2. The van der Waals surface area contributed by atoms with E-state index >= 15 is 0 Å². The van der Waals surface area contributed by atoms with Crippen molar-refractivity contribution in [2.75, 3.05) is 11.1 Å². The molecule has 8 nitrogen and oxygen atoms in total. The molecule has 0 aliphatic heterocycles. The van der Waals surface area contributed by atoms with E-state index in [0.29, 0.717) is 15.7 Å². The second-order valence-electron chi connectivity index (χ2n) is 5.07. The number of rotatable bonds is 6. The SMILES string of the molecule is Cc1ccc(-n2nnnc2SCC(=O)Nc2sccc2C(N)=O)cc1. The Kier molecular flexibility index (Phi) is 5.10. The van der Waals surface area contributed by atoms with E-state index in [1.165, 1.54) is 23.1 Å². The van der Waals surface area contributed by atoms with Gasteiger partial charge in [-0.25, -0.2) is 0 Å². The molecule has 0 radical (unpaired) electrons. The Hall–Kier alpha value is -2.72. The summed E-state index contributed by atoms with van der Waals surface area (Å²) in [4.78, 5) is 23.4. The van der Waals surface area contributed by atoms with Gasteiger partial charge < -0.3 is 11.1 Å². The number of hydrogen-bond donors (Lipinski definition) is 2. The van der Waals surface area contributed by atoms with E-state index in [2.05, 4.69) is 20.8 Å². The zero-order valence-electron chi connectivity index (χ0n) is 13.2. The van der Waals surface area contributed by atoms with Crippen molar-refractivity contribution < 1.29 is 9.59 Å². The maximum atomic E-state index is 12.1. The Morgan fingerprint density at radius 2 is 2.04 bits per heavy atom. The minimum absolute atomic E-state index is 0.0995. The number of benzene rings is 1. The average Bonchev–Trinajstić information content (AvgIpc) is 3.22. The van der Waals surface area contributed by atoms with Crippen molar-refractivity contribution in [2.45, 2.75) is 12.1 Å². The van der Waals surface area contributed by atoms with Crippen LogP contribution >= 0.6 is 23.1 Å². The fourth-order valence-electron chi connectivity index (χ4n) is 2.01. The lowest BCUT2D eigenvalue weighted by molar-refractivity contribution is -0.113. The predicted octanol–water partition coefficient (Wildman–Crippen LogP) is 1.86. The molecule has 3 rings (SSSR count). The van der Waals surface area contributed by atoms with E-state index in [1.807, 2.05) is 31.2 Å². The van der Waals surface area contributed by atoms with Crippen molar-refractivity contribution in [3.05, 3.63) is 46.8 Å². The molecule has 1 aromatic carbocycles. The lowest BCUT2D eigenvalue weighted by Crippen LogP contribution is -2.18. The maximum Gasteiger partial charge on any atom is 0.251 e. The van der Waals surface area contributed by atoms with E-state index in [1.54, 1.807) is 16.1 Å². The second kappa shape index (κ2) is 7.45. The number of anilines is 1. The molecule has 3 aromatic rings. The molecule has 0 fully saturated rings. The Labute approximate surface area is 151 Å². The van der Waals surface area contributed by atoms with Crippen LogP contribution in [-0.2, 0) is 4.79 Å². The van der Waals surface area contributed by atoms with Gasteiger partial charge in [0.2, 0.25) is 11.1 Å². The standard InChI is InChI=1S/C15H14N6O2S2/c1-9-2-4-10(5-3-9)21-15(18-19-20-21)25-8-12(22)17-14-11(13(16)23)6-7-24-14/h2-7H,8H2,1H3,(H2,16,23)(H,17,22). The quantitative estimate of drug-likeness (QED) is 0.636. The molecule has 128 valence electrons. The summed E-state index contributed by atoms with van der Waals surface area (Å²) in [5.74, 6) is -0.747. The van der Waals surface area contributed by atoms with Crippen LogP contribution in [0.5, 0.6) is 0 Å². The fourth-order valence-corrected chi connectivity index (χ4v) is 3.51. The number of amides is 2. The minimum atomic E-state index is -0.576. The summed E-state index contributed by atoms with van der Waals surface area (Å²) >= 11 is 2.44. The molecule has 10 heteroatoms. The first-order valence-corrected chi connectivity index (χ1v) is 9.06. The number of aryl methyl sites for hydroxylation is 1. The molecule has 0 saturated heterocycles. The van der Waals surface area contributed by atoms with Crippen LogP contribution in [0.4, 0.5) is 5.00 Å². The fraction of sp³-hybridized carbons (Fsp3) is 0.133. The Bertz CT molecular complexity index is 903. The molecule has 0 saturated carbocycles. The highest BCUT2D eigenvalue weighted by Crippen LogP contribution is 2.24. The molecule has 25 heavy (non-hydrogen) atoms. The molecule has 3 N–H and O–H groups in total. The predicted molar refractivity (Wildman–Crippen MR) is 96.1 cm³/mol. The average molecular weight is 374 g/mol. The molecule has 2 heterocycles. The summed E-state index contributed by atoms with van der Waals surface area (Å²) in [6, 6.07) is 9.30. The summed E-state index contributed by atoms with van der Waals surface area (Å²) in [6.45, 7) is 1.99. The zero-order chi connectivity index (χ0) is 17.8. The molecule has 0 unspecified atom stereocenters. The van der Waals surface area contributed by atoms with Gasteiger partial charge in [-0.2, -0.15) is 4.68 Å². The second-order valence-corrected chi connectivity index (χ2v) is 6.93. The van der Waals surface area contributed by atoms with Gasteiger partial charge in [-0.3, -0.25) is 9.59 Å². The Morgan fingerprint density at radius 1 is 1.28 bits per heavy atom. The molecule has 0 aliphatic carbocycles. The van der Waals surface area contributed by atoms with Gasteiger partial charge >= 0.3 is 0 Å². The van der Waals surface area contributed by atoms with Crippen molar-refractivity contribution in [3.63, 3.8) is 0 Å². The maximum absolute atomic E-state index is 12.1. The summed E-state index contributed by atoms with van der Waals surface area (Å²) < 4.78 is 1.57. The highest BCUT2D eigenvalue weighted by molar-refractivity contribution is 7.99. The number of nitrogens with two attached hydrogens (primary N) is 1. The normalized spacial score (nSPS) is 10.6. The molecule has 0 spiro atoms. The number of hydrogen-bond acceptors (Lipinski definition) is 7. The lowest BCUT2D eigenvalue weighted by atomic mass is 10.2. The third-order valence-electron chi connectivity index (χ3n) is 3.24. The number of primary amides is 1. The third-order valence-corrected chi connectivity index (χ3v) is 4.98. The molecular formula is C15H14N6O2S2. The molecule has 0 atom stereocenters. The summed E-state index contributed by atoms with van der Waals surface area (Å²) in [5.41, 5.74) is 7.50.